The van der Waals surface area contributed by atoms with Crippen LogP contribution in [-0.2, 0) is 61.6 Å². The minimum Gasteiger partial charge on any atom is -0.377 e. The minimum atomic E-state index is -0.0632. The van der Waals surface area contributed by atoms with Gasteiger partial charge >= 0.3 is 0 Å². The number of ether oxygens (including phenoxy) is 13. The molecule has 0 spiro atoms. The third-order valence-corrected chi connectivity index (χ3v) is 6.31. The minimum absolute atomic E-state index is 0.0632. The van der Waals surface area contributed by atoms with Crippen LogP contribution in [0, 0.1) is 0 Å². The van der Waals surface area contributed by atoms with Crippen LogP contribution in [0.15, 0.2) is 0 Å². The van der Waals surface area contributed by atoms with Gasteiger partial charge in [0.15, 0.2) is 12.6 Å². The molecule has 0 aromatic rings. The van der Waals surface area contributed by atoms with Crippen LogP contribution in [-0.4, -0.2) is 158 Å². The maximum Gasteiger partial charge on any atom is 0.157 e. The first-order valence-electron chi connectivity index (χ1n) is 16.1. The zero-order chi connectivity index (χ0) is 30.1. The molecule has 2 saturated heterocycles. The molecule has 0 aromatic heterocycles. The molecule has 0 aliphatic carbocycles. The number of hydrogen-bond donors (Lipinski definition) is 0. The summed E-state index contributed by atoms with van der Waals surface area (Å²) in [6.45, 7) is 12.2. The fraction of sp³-hybridized carbons (Fsp3) is 1.00. The van der Waals surface area contributed by atoms with Gasteiger partial charge in [0.05, 0.1) is 132 Å². The van der Waals surface area contributed by atoms with E-state index in [1.165, 1.54) is 12.8 Å². The largest absolute Gasteiger partial charge is 0.377 e. The molecule has 2 rings (SSSR count). The van der Waals surface area contributed by atoms with Crippen molar-refractivity contribution >= 4 is 0 Å². The quantitative estimate of drug-likeness (QED) is 0.102. The second kappa shape index (κ2) is 31.5. The second-order valence-corrected chi connectivity index (χ2v) is 9.85. The SMILES string of the molecule is C1CCC(OCCOCCOCCOCCOCCOCCOCCOCCOCCOCCOC2CCCCO2)OC1. The Morgan fingerprint density at radius 2 is 0.535 bits per heavy atom. The molecule has 13 heteroatoms. The number of rotatable bonds is 32. The summed E-state index contributed by atoms with van der Waals surface area (Å²) in [7, 11) is 0. The fourth-order valence-corrected chi connectivity index (χ4v) is 4.02. The summed E-state index contributed by atoms with van der Waals surface area (Å²) in [5.41, 5.74) is 0. The average Bonchev–Trinajstić information content (AvgIpc) is 3.04. The molecule has 2 unspecified atom stereocenters. The van der Waals surface area contributed by atoms with E-state index < -0.39 is 0 Å². The first kappa shape index (κ1) is 38.7. The Balaban J connectivity index is 1.12. The number of hydrogen-bond acceptors (Lipinski definition) is 13. The van der Waals surface area contributed by atoms with Crippen LogP contribution < -0.4 is 0 Å². The normalized spacial score (nSPS) is 19.3. The smallest absolute Gasteiger partial charge is 0.157 e. The molecule has 13 nitrogen and oxygen atoms in total. The molecule has 2 aliphatic heterocycles. The molecule has 2 fully saturated rings. The molecule has 43 heavy (non-hydrogen) atoms. The van der Waals surface area contributed by atoms with Gasteiger partial charge in [0.2, 0.25) is 0 Å². The summed E-state index contributed by atoms with van der Waals surface area (Å²) in [5.74, 6) is 0. The lowest BCUT2D eigenvalue weighted by Gasteiger charge is -2.22. The van der Waals surface area contributed by atoms with Gasteiger partial charge in [0, 0.05) is 13.2 Å². The highest BCUT2D eigenvalue weighted by Gasteiger charge is 2.14. The summed E-state index contributed by atoms with van der Waals surface area (Å²) in [6.07, 6.45) is 6.40. The molecule has 0 radical (unpaired) electrons. The van der Waals surface area contributed by atoms with Gasteiger partial charge in [-0.25, -0.2) is 0 Å². The third-order valence-electron chi connectivity index (χ3n) is 6.31. The highest BCUT2D eigenvalue weighted by Crippen LogP contribution is 2.14. The van der Waals surface area contributed by atoms with Crippen LogP contribution in [0.4, 0.5) is 0 Å². The molecule has 0 amide bonds. The summed E-state index contributed by atoms with van der Waals surface area (Å²) in [6, 6.07) is 0. The molecule has 0 N–H and O–H groups in total. The van der Waals surface area contributed by atoms with Crippen molar-refractivity contribution in [3.8, 4) is 0 Å². The van der Waals surface area contributed by atoms with Gasteiger partial charge in [-0.2, -0.15) is 0 Å². The lowest BCUT2D eigenvalue weighted by molar-refractivity contribution is -0.169. The van der Waals surface area contributed by atoms with Gasteiger partial charge in [-0.3, -0.25) is 0 Å². The van der Waals surface area contributed by atoms with E-state index in [1.54, 1.807) is 0 Å². The predicted molar refractivity (Wildman–Crippen MR) is 156 cm³/mol. The zero-order valence-electron chi connectivity index (χ0n) is 26.3. The van der Waals surface area contributed by atoms with E-state index in [-0.39, 0.29) is 12.6 Å². The highest BCUT2D eigenvalue weighted by molar-refractivity contribution is 4.54. The Bertz CT molecular complexity index is 502. The van der Waals surface area contributed by atoms with E-state index in [1.807, 2.05) is 0 Å². The van der Waals surface area contributed by atoms with Crippen LogP contribution in [0.3, 0.4) is 0 Å². The van der Waals surface area contributed by atoms with E-state index in [9.17, 15) is 0 Å². The van der Waals surface area contributed by atoms with Crippen LogP contribution in [0.5, 0.6) is 0 Å². The molecule has 0 bridgehead atoms. The van der Waals surface area contributed by atoms with E-state index >= 15 is 0 Å². The summed E-state index contributed by atoms with van der Waals surface area (Å²) >= 11 is 0. The Kier molecular flexibility index (Phi) is 28.3. The molecule has 256 valence electrons. The molecule has 2 heterocycles. The maximum absolute atomic E-state index is 5.61. The summed E-state index contributed by atoms with van der Waals surface area (Å²) in [5, 5.41) is 0. The average molecular weight is 627 g/mol. The van der Waals surface area contributed by atoms with Crippen molar-refractivity contribution < 1.29 is 61.6 Å². The second-order valence-electron chi connectivity index (χ2n) is 9.85. The topological polar surface area (TPSA) is 120 Å². The monoisotopic (exact) mass is 626 g/mol. The van der Waals surface area contributed by atoms with Crippen LogP contribution in [0.2, 0.25) is 0 Å². The van der Waals surface area contributed by atoms with Crippen LogP contribution in [0.25, 0.3) is 0 Å². The molecule has 2 atom stereocenters. The fourth-order valence-electron chi connectivity index (χ4n) is 4.02. The van der Waals surface area contributed by atoms with Gasteiger partial charge in [-0.05, 0) is 38.5 Å². The van der Waals surface area contributed by atoms with Gasteiger partial charge in [0.25, 0.3) is 0 Å². The first-order chi connectivity index (χ1) is 21.4. The van der Waals surface area contributed by atoms with E-state index in [2.05, 4.69) is 0 Å². The Morgan fingerprint density at radius 3 is 0.744 bits per heavy atom. The van der Waals surface area contributed by atoms with Crippen molar-refractivity contribution in [2.24, 2.45) is 0 Å². The zero-order valence-corrected chi connectivity index (χ0v) is 26.3. The molecule has 0 saturated carbocycles. The van der Waals surface area contributed by atoms with E-state index in [0.717, 1.165) is 38.9 Å². The molecular weight excluding hydrogens is 568 g/mol. The third kappa shape index (κ3) is 26.4. The molecule has 2 aliphatic rings. The van der Waals surface area contributed by atoms with Gasteiger partial charge < -0.3 is 61.6 Å². The van der Waals surface area contributed by atoms with Crippen molar-refractivity contribution in [1.82, 2.24) is 0 Å². The lowest BCUT2D eigenvalue weighted by Crippen LogP contribution is -2.24. The van der Waals surface area contributed by atoms with Crippen molar-refractivity contribution in [3.63, 3.8) is 0 Å². The van der Waals surface area contributed by atoms with E-state index in [0.29, 0.717) is 132 Å². The van der Waals surface area contributed by atoms with Crippen molar-refractivity contribution in [3.05, 3.63) is 0 Å². The first-order valence-corrected chi connectivity index (χ1v) is 16.1. The molecular formula is C30H58O13. The van der Waals surface area contributed by atoms with Gasteiger partial charge in [-0.15, -0.1) is 0 Å². The van der Waals surface area contributed by atoms with Gasteiger partial charge in [-0.1, -0.05) is 0 Å². The van der Waals surface area contributed by atoms with Crippen molar-refractivity contribution in [1.29, 1.82) is 0 Å². The summed E-state index contributed by atoms with van der Waals surface area (Å²) in [4.78, 5) is 0. The Labute approximate surface area is 258 Å². The van der Waals surface area contributed by atoms with Crippen molar-refractivity contribution in [2.45, 2.75) is 51.1 Å². The molecule has 0 aromatic carbocycles. The predicted octanol–water partition coefficient (Wildman–Crippen LogP) is 2.22. The Morgan fingerprint density at radius 1 is 0.302 bits per heavy atom. The van der Waals surface area contributed by atoms with Crippen LogP contribution >= 0.6 is 0 Å². The Hall–Kier alpha value is -0.520. The summed E-state index contributed by atoms with van der Waals surface area (Å²) < 4.78 is 71.6. The van der Waals surface area contributed by atoms with Crippen LogP contribution in [0.1, 0.15) is 38.5 Å². The maximum atomic E-state index is 5.61. The highest BCUT2D eigenvalue weighted by atomic mass is 16.7. The van der Waals surface area contributed by atoms with Gasteiger partial charge in [0.1, 0.15) is 0 Å². The lowest BCUT2D eigenvalue weighted by atomic mass is 10.2. The van der Waals surface area contributed by atoms with Crippen molar-refractivity contribution in [2.75, 3.05) is 145 Å². The van der Waals surface area contributed by atoms with E-state index in [4.69, 9.17) is 61.6 Å². The standard InChI is InChI=1S/C30H58O13/c1-3-7-40-29(5-1)42-27-25-38-23-21-36-19-17-34-15-13-32-11-9-31-10-12-33-14-16-35-18-20-37-22-24-39-26-28-43-30-6-2-4-8-41-30/h29-30H,1-28H2.